The van der Waals surface area contributed by atoms with Gasteiger partial charge in [0.05, 0.1) is 11.1 Å². The zero-order valence-corrected chi connectivity index (χ0v) is 21.3. The molecule has 0 saturated heterocycles. The molecular formula is C25H17F9O3S2. The first-order chi connectivity index (χ1) is 17.9. The molecule has 3 nitrogen and oxygen atoms in total. The molecule has 0 N–H and O–H groups in total. The summed E-state index contributed by atoms with van der Waals surface area (Å²) in [7, 11) is -5.84. The van der Waals surface area contributed by atoms with E-state index in [1.54, 1.807) is 6.92 Å². The van der Waals surface area contributed by atoms with Gasteiger partial charge in [-0.05, 0) is 90.4 Å². The standard InChI is InChI=1S/C25H17F9O3S2/c1-13-21(12-22(38-13)15-9-16(23(26,27)28)11-17(10-15)24(29,30)31)20-4-2-3-19(20)14-5-7-18(8-6-14)37-39(35,36)25(32,33)34/h5-12H,2-4H2,1H3. The third-order valence-corrected chi connectivity index (χ3v) is 8.10. The molecule has 39 heavy (non-hydrogen) atoms. The van der Waals surface area contributed by atoms with E-state index in [2.05, 4.69) is 4.18 Å². The van der Waals surface area contributed by atoms with E-state index in [1.165, 1.54) is 18.2 Å². The first-order valence-corrected chi connectivity index (χ1v) is 13.3. The highest BCUT2D eigenvalue weighted by Crippen LogP contribution is 2.46. The maximum Gasteiger partial charge on any atom is 0.534 e. The third kappa shape index (κ3) is 6.11. The maximum absolute atomic E-state index is 13.3. The summed E-state index contributed by atoms with van der Waals surface area (Å²) in [5.74, 6) is -0.546. The molecule has 0 atom stereocenters. The predicted molar refractivity (Wildman–Crippen MR) is 127 cm³/mol. The van der Waals surface area contributed by atoms with Crippen LogP contribution >= 0.6 is 11.3 Å². The van der Waals surface area contributed by atoms with Crippen LogP contribution in [0.15, 0.2) is 48.5 Å². The van der Waals surface area contributed by atoms with Crippen molar-refractivity contribution in [3.63, 3.8) is 0 Å². The van der Waals surface area contributed by atoms with Gasteiger partial charge in [-0.2, -0.15) is 47.9 Å². The van der Waals surface area contributed by atoms with Crippen LogP contribution in [0.5, 0.6) is 5.75 Å². The van der Waals surface area contributed by atoms with Crippen molar-refractivity contribution in [2.75, 3.05) is 0 Å². The summed E-state index contributed by atoms with van der Waals surface area (Å²) in [5.41, 5.74) is -5.92. The second-order valence-electron chi connectivity index (χ2n) is 8.69. The lowest BCUT2D eigenvalue weighted by Crippen LogP contribution is -2.28. The Hall–Kier alpha value is -3.00. The predicted octanol–water partition coefficient (Wildman–Crippen LogP) is 9.08. The number of aryl methyl sites for hydroxylation is 1. The van der Waals surface area contributed by atoms with Gasteiger partial charge in [0.2, 0.25) is 0 Å². The minimum atomic E-state index is -5.84. The molecule has 1 aliphatic rings. The third-order valence-electron chi connectivity index (χ3n) is 6.03. The van der Waals surface area contributed by atoms with Crippen molar-refractivity contribution >= 4 is 32.6 Å². The zero-order chi connectivity index (χ0) is 29.0. The van der Waals surface area contributed by atoms with Crippen molar-refractivity contribution in [1.82, 2.24) is 0 Å². The smallest absolute Gasteiger partial charge is 0.376 e. The number of halogens is 9. The van der Waals surface area contributed by atoms with E-state index < -0.39 is 44.9 Å². The van der Waals surface area contributed by atoms with Crippen LogP contribution in [0.1, 0.15) is 46.4 Å². The number of rotatable bonds is 5. The van der Waals surface area contributed by atoms with E-state index >= 15 is 0 Å². The van der Waals surface area contributed by atoms with Crippen molar-refractivity contribution in [3.8, 4) is 16.2 Å². The number of allylic oxidation sites excluding steroid dienone is 2. The van der Waals surface area contributed by atoms with Gasteiger partial charge in [0.15, 0.2) is 0 Å². The molecular weight excluding hydrogens is 583 g/mol. The summed E-state index contributed by atoms with van der Waals surface area (Å²) >= 11 is 1.04. The zero-order valence-electron chi connectivity index (χ0n) is 19.7. The number of benzene rings is 2. The molecule has 0 unspecified atom stereocenters. The Kier molecular flexibility index (Phi) is 7.34. The molecule has 0 radical (unpaired) electrons. The average molecular weight is 601 g/mol. The van der Waals surface area contributed by atoms with Crippen LogP contribution in [0, 0.1) is 6.92 Å². The number of alkyl halides is 9. The van der Waals surface area contributed by atoms with Gasteiger partial charge in [0, 0.05) is 9.75 Å². The fraction of sp³-hybridized carbons (Fsp3) is 0.280. The van der Waals surface area contributed by atoms with Crippen molar-refractivity contribution in [2.45, 2.75) is 44.0 Å². The van der Waals surface area contributed by atoms with Crippen LogP contribution in [0.4, 0.5) is 39.5 Å². The SMILES string of the molecule is Cc1sc(-c2cc(C(F)(F)F)cc(C(F)(F)F)c2)cc1C1=C(c2ccc(OS(=O)(=O)C(F)(F)F)cc2)CCC1. The molecule has 0 bridgehead atoms. The molecule has 0 aliphatic heterocycles. The van der Waals surface area contributed by atoms with Gasteiger partial charge in [-0.1, -0.05) is 12.1 Å². The first-order valence-electron chi connectivity index (χ1n) is 11.1. The van der Waals surface area contributed by atoms with Crippen LogP contribution in [-0.4, -0.2) is 13.9 Å². The number of thiophene rings is 1. The van der Waals surface area contributed by atoms with Crippen molar-refractivity contribution in [1.29, 1.82) is 0 Å². The summed E-state index contributed by atoms with van der Waals surface area (Å²) in [6.07, 6.45) is -8.20. The first kappa shape index (κ1) is 29.0. The summed E-state index contributed by atoms with van der Waals surface area (Å²) < 4.78 is 144. The minimum absolute atomic E-state index is 0.0653. The molecule has 14 heteroatoms. The number of hydrogen-bond donors (Lipinski definition) is 0. The second-order valence-corrected chi connectivity index (χ2v) is 11.5. The fourth-order valence-electron chi connectivity index (χ4n) is 4.27. The van der Waals surface area contributed by atoms with Gasteiger partial charge < -0.3 is 4.18 Å². The van der Waals surface area contributed by atoms with Gasteiger partial charge >= 0.3 is 28.0 Å². The largest absolute Gasteiger partial charge is 0.534 e. The molecule has 210 valence electrons. The lowest BCUT2D eigenvalue weighted by atomic mass is 9.96. The molecule has 0 amide bonds. The molecule has 1 aliphatic carbocycles. The summed E-state index contributed by atoms with van der Waals surface area (Å²) in [4.78, 5) is 0.862. The normalized spacial score (nSPS) is 15.2. The Morgan fingerprint density at radius 2 is 1.28 bits per heavy atom. The van der Waals surface area contributed by atoms with E-state index in [-0.39, 0.29) is 16.5 Å². The van der Waals surface area contributed by atoms with Crippen LogP contribution < -0.4 is 4.18 Å². The Morgan fingerprint density at radius 1 is 0.744 bits per heavy atom. The van der Waals surface area contributed by atoms with Crippen molar-refractivity contribution in [2.24, 2.45) is 0 Å². The highest BCUT2D eigenvalue weighted by molar-refractivity contribution is 7.88. The summed E-state index contributed by atoms with van der Waals surface area (Å²) in [5, 5.41) is 0. The Balaban J connectivity index is 1.72. The van der Waals surface area contributed by atoms with Gasteiger partial charge in [0.1, 0.15) is 5.75 Å². The fourth-order valence-corrected chi connectivity index (χ4v) is 5.76. The molecule has 2 aromatic carbocycles. The lowest BCUT2D eigenvalue weighted by Gasteiger charge is -2.13. The summed E-state index contributed by atoms with van der Waals surface area (Å²) in [6.45, 7) is 1.68. The van der Waals surface area contributed by atoms with E-state index in [0.717, 1.165) is 34.6 Å². The molecule has 0 saturated carbocycles. The van der Waals surface area contributed by atoms with Gasteiger partial charge in [-0.15, -0.1) is 11.3 Å². The Bertz CT molecular complexity index is 1490. The monoisotopic (exact) mass is 600 g/mol. The molecule has 1 aromatic heterocycles. The minimum Gasteiger partial charge on any atom is -0.376 e. The van der Waals surface area contributed by atoms with Crippen LogP contribution in [0.25, 0.3) is 21.6 Å². The molecule has 0 spiro atoms. The molecule has 3 aromatic rings. The van der Waals surface area contributed by atoms with E-state index in [1.807, 2.05) is 0 Å². The van der Waals surface area contributed by atoms with E-state index in [9.17, 15) is 47.9 Å². The number of hydrogen-bond acceptors (Lipinski definition) is 4. The topological polar surface area (TPSA) is 43.4 Å². The lowest BCUT2D eigenvalue weighted by molar-refractivity contribution is -0.143. The van der Waals surface area contributed by atoms with Gasteiger partial charge in [-0.25, -0.2) is 0 Å². The van der Waals surface area contributed by atoms with Crippen molar-refractivity contribution in [3.05, 3.63) is 75.7 Å². The Morgan fingerprint density at radius 3 is 1.79 bits per heavy atom. The van der Waals surface area contributed by atoms with E-state index in [0.29, 0.717) is 47.4 Å². The second kappa shape index (κ2) is 9.88. The summed E-state index contributed by atoms with van der Waals surface area (Å²) in [6, 6.07) is 7.83. The van der Waals surface area contributed by atoms with Gasteiger partial charge in [-0.3, -0.25) is 0 Å². The Labute approximate surface area is 220 Å². The highest BCUT2D eigenvalue weighted by Gasteiger charge is 2.48. The van der Waals surface area contributed by atoms with E-state index in [4.69, 9.17) is 0 Å². The highest BCUT2D eigenvalue weighted by atomic mass is 32.2. The van der Waals surface area contributed by atoms with Crippen molar-refractivity contribution < 1.29 is 52.1 Å². The van der Waals surface area contributed by atoms with Crippen LogP contribution in [0.3, 0.4) is 0 Å². The molecule has 0 fully saturated rings. The van der Waals surface area contributed by atoms with Crippen LogP contribution in [0.2, 0.25) is 0 Å². The quantitative estimate of drug-likeness (QED) is 0.167. The maximum atomic E-state index is 13.3. The van der Waals surface area contributed by atoms with Gasteiger partial charge in [0.25, 0.3) is 0 Å². The molecule has 1 heterocycles. The molecule has 4 rings (SSSR count). The van der Waals surface area contributed by atoms with Crippen LogP contribution in [-0.2, 0) is 22.5 Å². The average Bonchev–Trinajstić information content (AvgIpc) is 3.43.